The molecule has 78 valence electrons. The summed E-state index contributed by atoms with van der Waals surface area (Å²) in [4.78, 5) is 24.6. The number of piperidine rings is 1. The monoisotopic (exact) mass is 197 g/mol. The Balaban J connectivity index is 2.04. The number of carbonyl (C=O) groups excluding carboxylic acids is 2. The van der Waals surface area contributed by atoms with Gasteiger partial charge in [-0.3, -0.25) is 9.59 Å². The normalized spacial score (nSPS) is 31.6. The molecule has 5 heteroatoms. The van der Waals surface area contributed by atoms with Crippen molar-refractivity contribution in [1.29, 1.82) is 0 Å². The van der Waals surface area contributed by atoms with Gasteiger partial charge < -0.3 is 16.0 Å². The maximum Gasteiger partial charge on any atom is 0.227 e. The highest BCUT2D eigenvalue weighted by Crippen LogP contribution is 2.26. The van der Waals surface area contributed by atoms with Crippen molar-refractivity contribution in [3.63, 3.8) is 0 Å². The zero-order chi connectivity index (χ0) is 10.1. The molecule has 2 fully saturated rings. The van der Waals surface area contributed by atoms with Crippen LogP contribution in [0.5, 0.6) is 0 Å². The van der Waals surface area contributed by atoms with Crippen LogP contribution in [0.25, 0.3) is 0 Å². The topological polar surface area (TPSA) is 75.4 Å². The van der Waals surface area contributed by atoms with Gasteiger partial charge >= 0.3 is 0 Å². The Morgan fingerprint density at radius 1 is 1.50 bits per heavy atom. The Hall–Kier alpha value is -1.10. The molecule has 0 spiro atoms. The second-order valence-electron chi connectivity index (χ2n) is 3.89. The Kier molecular flexibility index (Phi) is 2.41. The second-order valence-corrected chi connectivity index (χ2v) is 3.89. The van der Waals surface area contributed by atoms with Gasteiger partial charge in [-0.25, -0.2) is 0 Å². The number of nitrogens with one attached hydrogen (secondary N) is 1. The quantitative estimate of drug-likeness (QED) is 0.576. The van der Waals surface area contributed by atoms with E-state index in [0.29, 0.717) is 32.5 Å². The minimum Gasteiger partial charge on any atom is -0.351 e. The van der Waals surface area contributed by atoms with E-state index >= 15 is 0 Å². The molecule has 0 radical (unpaired) electrons. The first-order valence-corrected chi connectivity index (χ1v) is 5.00. The van der Waals surface area contributed by atoms with E-state index in [2.05, 4.69) is 5.32 Å². The van der Waals surface area contributed by atoms with Crippen LogP contribution in [0.3, 0.4) is 0 Å². The molecule has 0 aromatic heterocycles. The van der Waals surface area contributed by atoms with E-state index in [-0.39, 0.29) is 23.8 Å². The number of fused-ring (bicyclic) bond motifs is 1. The number of nitrogens with two attached hydrogens (primary N) is 1. The highest BCUT2D eigenvalue weighted by Gasteiger charge is 2.42. The average Bonchev–Trinajstić information content (AvgIpc) is 2.44. The lowest BCUT2D eigenvalue weighted by Crippen LogP contribution is -2.44. The first kappa shape index (κ1) is 9.45. The van der Waals surface area contributed by atoms with Crippen molar-refractivity contribution >= 4 is 11.8 Å². The summed E-state index contributed by atoms with van der Waals surface area (Å²) in [5.74, 6) is 0.216. The molecule has 0 aromatic carbocycles. The van der Waals surface area contributed by atoms with Crippen LogP contribution >= 0.6 is 0 Å². The van der Waals surface area contributed by atoms with Gasteiger partial charge in [0.05, 0.1) is 12.0 Å². The SMILES string of the molecule is NCCN1C[C@H]2NC(=O)CC[C@@H]2C1=O. The van der Waals surface area contributed by atoms with Crippen LogP contribution < -0.4 is 11.1 Å². The lowest BCUT2D eigenvalue weighted by atomic mass is 9.93. The predicted molar refractivity (Wildman–Crippen MR) is 50.3 cm³/mol. The molecular weight excluding hydrogens is 182 g/mol. The summed E-state index contributed by atoms with van der Waals surface area (Å²) in [5.41, 5.74) is 5.41. The summed E-state index contributed by atoms with van der Waals surface area (Å²) in [6, 6.07) is 0.0234. The van der Waals surface area contributed by atoms with E-state index in [0.717, 1.165) is 0 Å². The van der Waals surface area contributed by atoms with Crippen LogP contribution in [0.4, 0.5) is 0 Å². The van der Waals surface area contributed by atoms with Crippen molar-refractivity contribution in [2.75, 3.05) is 19.6 Å². The number of hydrogen-bond donors (Lipinski definition) is 2. The summed E-state index contributed by atoms with van der Waals surface area (Å²) in [5, 5.41) is 2.85. The van der Waals surface area contributed by atoms with Crippen molar-refractivity contribution in [2.45, 2.75) is 18.9 Å². The fraction of sp³-hybridized carbons (Fsp3) is 0.778. The Bertz CT molecular complexity index is 267. The van der Waals surface area contributed by atoms with Crippen molar-refractivity contribution in [2.24, 2.45) is 11.7 Å². The molecule has 5 nitrogen and oxygen atoms in total. The Morgan fingerprint density at radius 2 is 2.29 bits per heavy atom. The molecule has 3 N–H and O–H groups in total. The standard InChI is InChI=1S/C9H15N3O2/c10-3-4-12-5-7-6(9(12)14)1-2-8(13)11-7/h6-7H,1-5,10H2,(H,11,13)/t6-,7+/m0/s1. The number of amides is 2. The summed E-state index contributed by atoms with van der Waals surface area (Å²) in [6.45, 7) is 1.72. The van der Waals surface area contributed by atoms with E-state index in [1.54, 1.807) is 4.90 Å². The van der Waals surface area contributed by atoms with Gasteiger partial charge in [0.2, 0.25) is 11.8 Å². The van der Waals surface area contributed by atoms with Gasteiger partial charge in [-0.2, -0.15) is 0 Å². The molecule has 2 rings (SSSR count). The number of nitrogens with zero attached hydrogens (tertiary/aromatic N) is 1. The molecule has 0 aliphatic carbocycles. The van der Waals surface area contributed by atoms with Crippen LogP contribution in [-0.2, 0) is 9.59 Å². The summed E-state index contributed by atoms with van der Waals surface area (Å²) in [6.07, 6.45) is 1.17. The average molecular weight is 197 g/mol. The number of rotatable bonds is 2. The molecule has 2 saturated heterocycles. The molecular formula is C9H15N3O2. The largest absolute Gasteiger partial charge is 0.351 e. The number of carbonyl (C=O) groups is 2. The predicted octanol–water partition coefficient (Wildman–Crippen LogP) is -1.32. The third-order valence-electron chi connectivity index (χ3n) is 2.96. The molecule has 0 saturated carbocycles. The zero-order valence-corrected chi connectivity index (χ0v) is 8.03. The van der Waals surface area contributed by atoms with E-state index in [1.165, 1.54) is 0 Å². The molecule has 2 amide bonds. The molecule has 14 heavy (non-hydrogen) atoms. The second kappa shape index (κ2) is 3.57. The minimum absolute atomic E-state index is 0.000694. The fourth-order valence-electron chi connectivity index (χ4n) is 2.26. The van der Waals surface area contributed by atoms with Gasteiger partial charge in [-0.15, -0.1) is 0 Å². The molecule has 0 bridgehead atoms. The minimum atomic E-state index is -0.000694. The van der Waals surface area contributed by atoms with Gasteiger partial charge in [-0.05, 0) is 6.42 Å². The van der Waals surface area contributed by atoms with E-state index in [4.69, 9.17) is 5.73 Å². The first-order valence-electron chi connectivity index (χ1n) is 5.00. The zero-order valence-electron chi connectivity index (χ0n) is 8.03. The molecule has 2 atom stereocenters. The first-order chi connectivity index (χ1) is 6.72. The van der Waals surface area contributed by atoms with Gasteiger partial charge in [0.1, 0.15) is 0 Å². The lowest BCUT2D eigenvalue weighted by Gasteiger charge is -2.22. The summed E-state index contributed by atoms with van der Waals surface area (Å²) >= 11 is 0. The van der Waals surface area contributed by atoms with E-state index in [1.807, 2.05) is 0 Å². The third kappa shape index (κ3) is 1.48. The fourth-order valence-corrected chi connectivity index (χ4v) is 2.26. The van der Waals surface area contributed by atoms with Gasteiger partial charge in [0, 0.05) is 26.1 Å². The van der Waals surface area contributed by atoms with Crippen molar-refractivity contribution in [3.8, 4) is 0 Å². The van der Waals surface area contributed by atoms with Crippen LogP contribution in [0.15, 0.2) is 0 Å². The lowest BCUT2D eigenvalue weighted by molar-refractivity contribution is -0.132. The maximum absolute atomic E-state index is 11.8. The highest BCUT2D eigenvalue weighted by atomic mass is 16.2. The van der Waals surface area contributed by atoms with E-state index in [9.17, 15) is 9.59 Å². The number of hydrogen-bond acceptors (Lipinski definition) is 3. The van der Waals surface area contributed by atoms with Crippen molar-refractivity contribution < 1.29 is 9.59 Å². The smallest absolute Gasteiger partial charge is 0.227 e. The van der Waals surface area contributed by atoms with Crippen LogP contribution in [0.2, 0.25) is 0 Å². The van der Waals surface area contributed by atoms with Crippen LogP contribution in [0, 0.1) is 5.92 Å². The van der Waals surface area contributed by atoms with Gasteiger partial charge in [0.15, 0.2) is 0 Å². The Labute approximate surface area is 82.6 Å². The van der Waals surface area contributed by atoms with E-state index < -0.39 is 0 Å². The molecule has 2 heterocycles. The van der Waals surface area contributed by atoms with Gasteiger partial charge in [-0.1, -0.05) is 0 Å². The highest BCUT2D eigenvalue weighted by molar-refractivity contribution is 5.86. The van der Waals surface area contributed by atoms with Crippen LogP contribution in [-0.4, -0.2) is 42.4 Å². The Morgan fingerprint density at radius 3 is 3.00 bits per heavy atom. The molecule has 2 aliphatic rings. The van der Waals surface area contributed by atoms with Gasteiger partial charge in [0.25, 0.3) is 0 Å². The third-order valence-corrected chi connectivity index (χ3v) is 2.96. The van der Waals surface area contributed by atoms with Crippen molar-refractivity contribution in [1.82, 2.24) is 10.2 Å². The molecule has 0 aromatic rings. The number of likely N-dealkylation sites (tertiary alicyclic amines) is 1. The molecule has 0 unspecified atom stereocenters. The van der Waals surface area contributed by atoms with Crippen LogP contribution in [0.1, 0.15) is 12.8 Å². The summed E-state index contributed by atoms with van der Waals surface area (Å²) < 4.78 is 0. The summed E-state index contributed by atoms with van der Waals surface area (Å²) in [7, 11) is 0. The van der Waals surface area contributed by atoms with Crippen molar-refractivity contribution in [3.05, 3.63) is 0 Å². The molecule has 2 aliphatic heterocycles. The maximum atomic E-state index is 11.8.